The summed E-state index contributed by atoms with van der Waals surface area (Å²) < 4.78 is 65.9. The molecule has 6 aromatic heterocycles. The highest BCUT2D eigenvalue weighted by Gasteiger charge is 2.33. The number of nitrogens with one attached hydrogen (secondary N) is 1. The second-order valence-corrected chi connectivity index (χ2v) is 22.0. The first-order chi connectivity index (χ1) is 41.3. The molecule has 87 heavy (non-hydrogen) atoms. The molecule has 5 N–H and O–H groups in total. The van der Waals surface area contributed by atoms with Gasteiger partial charge in [-0.3, -0.25) is 23.5 Å². The standard InChI is InChI=1S/C29H27ClF2N8O2.C27H25ClF2N8O.CH2Cl2.CH3Cl.CH4/c1-14-7-8-18(24(32)23(14)31)25-22-26(33)34-13-35-28(22)40(37-25)15(2)27-36-20-6-4-5-19(30)21(20)29(42)39(27)17-9-11-38(12-10-17)16(3)41;1-13-6-7-16(22(30)21(13)29)23-20-24(31)33-12-34-26(20)38(36-23)14(2)25-35-18-5-3-4-17(28)19(18)27(39)37(25)15-8-10-32-11-9-15;2-1-3;1-2;/h4-8,13,15,17H,9-12H2,1-3H3,(H2,33,34,35);3-7,12,14-15,32H,8-11H2,1-2H3,(H2,31,33,34);1H2;1H3;1H4. The summed E-state index contributed by atoms with van der Waals surface area (Å²) in [5.74, 6) is -3.15. The molecule has 458 valence electrons. The van der Waals surface area contributed by atoms with Crippen LogP contribution in [0.5, 0.6) is 0 Å². The van der Waals surface area contributed by atoms with Crippen molar-refractivity contribution in [3.8, 4) is 22.5 Å². The number of aromatic nitrogens is 12. The molecule has 0 radical (unpaired) electrons. The Balaban J connectivity index is 0.000000209. The van der Waals surface area contributed by atoms with E-state index in [1.807, 2.05) is 6.92 Å². The number of carbonyl (C=O) groups excluding carboxylic acids is 1. The third kappa shape index (κ3) is 12.4. The zero-order valence-corrected chi connectivity index (χ0v) is 51.0. The first-order valence-electron chi connectivity index (χ1n) is 27.0. The molecule has 2 atom stereocenters. The number of rotatable bonds is 8. The molecular formula is C59H61Cl5F4N16O3. The lowest BCUT2D eigenvalue weighted by Gasteiger charge is -2.34. The second-order valence-electron chi connectivity index (χ2n) is 20.3. The Labute approximate surface area is 521 Å². The van der Waals surface area contributed by atoms with Crippen molar-refractivity contribution >= 4 is 119 Å². The van der Waals surface area contributed by atoms with Crippen molar-refractivity contribution in [3.63, 3.8) is 0 Å². The molecular weight excluding hydrogens is 1230 g/mol. The second kappa shape index (κ2) is 27.7. The van der Waals surface area contributed by atoms with Crippen LogP contribution in [0.15, 0.2) is 82.9 Å². The summed E-state index contributed by atoms with van der Waals surface area (Å²) in [5.41, 5.74) is 13.7. The van der Waals surface area contributed by atoms with Gasteiger partial charge in [0.2, 0.25) is 5.91 Å². The van der Waals surface area contributed by atoms with Gasteiger partial charge in [0.05, 0.1) is 48.0 Å². The minimum atomic E-state index is -1.06. The Morgan fingerprint density at radius 2 is 1.01 bits per heavy atom. The first-order valence-corrected chi connectivity index (χ1v) is 29.6. The van der Waals surface area contributed by atoms with Gasteiger partial charge in [-0.2, -0.15) is 10.2 Å². The number of hydrogen-bond donors (Lipinski definition) is 3. The molecule has 2 fully saturated rings. The van der Waals surface area contributed by atoms with Crippen LogP contribution in [0.3, 0.4) is 0 Å². The molecule has 4 aromatic carbocycles. The van der Waals surface area contributed by atoms with E-state index < -0.39 is 35.4 Å². The van der Waals surface area contributed by atoms with E-state index in [0.29, 0.717) is 70.1 Å². The number of amides is 1. The lowest BCUT2D eigenvalue weighted by Crippen LogP contribution is -2.41. The summed E-state index contributed by atoms with van der Waals surface area (Å²) in [6.07, 6.45) is 6.54. The van der Waals surface area contributed by atoms with Crippen LogP contribution in [0, 0.1) is 37.1 Å². The van der Waals surface area contributed by atoms with Gasteiger partial charge >= 0.3 is 0 Å². The van der Waals surface area contributed by atoms with Gasteiger partial charge in [-0.25, -0.2) is 56.8 Å². The summed E-state index contributed by atoms with van der Waals surface area (Å²) in [6, 6.07) is 14.3. The number of piperidine rings is 2. The van der Waals surface area contributed by atoms with Gasteiger partial charge in [0.1, 0.15) is 59.4 Å². The number of nitrogens with zero attached hydrogens (tertiary/aromatic N) is 13. The summed E-state index contributed by atoms with van der Waals surface area (Å²) in [5, 5.41) is 14.6. The first kappa shape index (κ1) is 65.4. The maximum Gasteiger partial charge on any atom is 0.263 e. The van der Waals surface area contributed by atoms with E-state index in [4.69, 9.17) is 67.8 Å². The third-order valence-electron chi connectivity index (χ3n) is 15.3. The Bertz CT molecular complexity index is 4340. The number of carbonyl (C=O) groups is 1. The van der Waals surface area contributed by atoms with Crippen molar-refractivity contribution in [2.45, 2.75) is 91.9 Å². The highest BCUT2D eigenvalue weighted by Crippen LogP contribution is 2.39. The fraction of sp³-hybridized carbons (Fsp3) is 0.339. The van der Waals surface area contributed by atoms with E-state index in [2.05, 4.69) is 47.1 Å². The van der Waals surface area contributed by atoms with Crippen LogP contribution in [-0.2, 0) is 4.79 Å². The lowest BCUT2D eigenvalue weighted by atomic mass is 10.0. The maximum absolute atomic E-state index is 15.2. The van der Waals surface area contributed by atoms with Crippen LogP contribution in [-0.4, -0.2) is 107 Å². The van der Waals surface area contributed by atoms with E-state index in [1.54, 1.807) is 57.4 Å². The number of hydrogen-bond acceptors (Lipinski definition) is 14. The predicted octanol–water partition coefficient (Wildman–Crippen LogP) is 12.3. The maximum atomic E-state index is 15.2. The number of fused-ring (bicyclic) bond motifs is 4. The number of benzene rings is 4. The average molecular weight is 1300 g/mol. The molecule has 2 aliphatic heterocycles. The van der Waals surface area contributed by atoms with E-state index in [9.17, 15) is 23.2 Å². The van der Waals surface area contributed by atoms with E-state index in [-0.39, 0.29) is 109 Å². The Hall–Kier alpha value is -7.54. The number of nitrogens with two attached hydrogens (primary N) is 2. The molecule has 2 unspecified atom stereocenters. The smallest absolute Gasteiger partial charge is 0.263 e. The minimum absolute atomic E-state index is 0. The van der Waals surface area contributed by atoms with E-state index in [1.165, 1.54) is 73.4 Å². The molecule has 19 nitrogen and oxygen atoms in total. The summed E-state index contributed by atoms with van der Waals surface area (Å²) in [4.78, 5) is 68.4. The minimum Gasteiger partial charge on any atom is -0.383 e. The van der Waals surface area contributed by atoms with Gasteiger partial charge in [0.25, 0.3) is 11.1 Å². The number of alkyl halides is 3. The van der Waals surface area contributed by atoms with Gasteiger partial charge in [-0.1, -0.05) is 54.9 Å². The van der Waals surface area contributed by atoms with Gasteiger partial charge in [-0.15, -0.1) is 34.8 Å². The van der Waals surface area contributed by atoms with Gasteiger partial charge < -0.3 is 21.7 Å². The SMILES string of the molecule is C.CC(=O)N1CCC(n2c(C(C)n3nc(-c4ccc(C)c(F)c4F)c4c(N)ncnc43)nc3cccc(Cl)c3c2=O)CC1.CCl.Cc1ccc(-c2nn(C(C)c3nc4cccc(Cl)c4c(=O)n3C3CCNCC3)c3ncnc(N)c23)c(F)c1F.ClCCl. The van der Waals surface area contributed by atoms with Gasteiger partial charge in [0.15, 0.2) is 34.6 Å². The van der Waals surface area contributed by atoms with Gasteiger partial charge in [0, 0.05) is 49.6 Å². The largest absolute Gasteiger partial charge is 0.383 e. The van der Waals surface area contributed by atoms with E-state index in [0.717, 1.165) is 25.9 Å². The lowest BCUT2D eigenvalue weighted by molar-refractivity contribution is -0.130. The summed E-state index contributed by atoms with van der Waals surface area (Å²) in [6.45, 7) is 10.6. The molecule has 28 heteroatoms. The Kier molecular flexibility index (Phi) is 20.8. The molecule has 2 aliphatic rings. The molecule has 1 amide bonds. The van der Waals surface area contributed by atoms with Crippen LogP contribution in [0.1, 0.15) is 101 Å². The quantitative estimate of drug-likeness (QED) is 0.0947. The number of anilines is 2. The Morgan fingerprint density at radius 3 is 1.40 bits per heavy atom. The number of likely N-dealkylation sites (tertiary alicyclic amines) is 1. The number of halogens is 9. The van der Waals surface area contributed by atoms with E-state index >= 15 is 8.78 Å². The van der Waals surface area contributed by atoms with Crippen molar-refractivity contribution in [1.82, 2.24) is 68.8 Å². The van der Waals surface area contributed by atoms with Crippen LogP contribution in [0.4, 0.5) is 29.2 Å². The van der Waals surface area contributed by atoms with Crippen LogP contribution in [0.25, 0.3) is 66.4 Å². The van der Waals surface area contributed by atoms with Crippen molar-refractivity contribution in [2.24, 2.45) is 0 Å². The number of nitrogen functional groups attached to an aromatic ring is 2. The molecule has 0 aliphatic carbocycles. The molecule has 2 saturated heterocycles. The monoisotopic (exact) mass is 1290 g/mol. The normalized spacial score (nSPS) is 14.4. The molecule has 12 rings (SSSR count). The molecule has 0 bridgehead atoms. The van der Waals surface area contributed by atoms with Crippen LogP contribution >= 0.6 is 58.0 Å². The zero-order valence-electron chi connectivity index (χ0n) is 47.2. The van der Waals surface area contributed by atoms with Crippen LogP contribution < -0.4 is 27.9 Å². The molecule has 10 aromatic rings. The third-order valence-corrected chi connectivity index (χ3v) is 16.0. The zero-order chi connectivity index (χ0) is 62.0. The van der Waals surface area contributed by atoms with Crippen molar-refractivity contribution in [3.05, 3.63) is 150 Å². The highest BCUT2D eigenvalue weighted by molar-refractivity contribution is 6.40. The number of aryl methyl sites for hydroxylation is 2. The molecule has 8 heterocycles. The molecule has 0 spiro atoms. The van der Waals surface area contributed by atoms with Gasteiger partial charge in [-0.05, 0) is 114 Å². The predicted molar refractivity (Wildman–Crippen MR) is 336 cm³/mol. The van der Waals surface area contributed by atoms with Crippen molar-refractivity contribution in [1.29, 1.82) is 0 Å². The Morgan fingerprint density at radius 1 is 0.621 bits per heavy atom. The topological polar surface area (TPSA) is 241 Å². The van der Waals surface area contributed by atoms with Crippen molar-refractivity contribution in [2.75, 3.05) is 49.4 Å². The molecule has 0 saturated carbocycles. The fourth-order valence-corrected chi connectivity index (χ4v) is 11.5. The van der Waals surface area contributed by atoms with Crippen molar-refractivity contribution < 1.29 is 22.4 Å². The summed E-state index contributed by atoms with van der Waals surface area (Å²) >= 11 is 27.1. The fourth-order valence-electron chi connectivity index (χ4n) is 11.0. The highest BCUT2D eigenvalue weighted by atomic mass is 35.5. The van der Waals surface area contributed by atoms with Crippen LogP contribution in [0.2, 0.25) is 10.0 Å². The summed E-state index contributed by atoms with van der Waals surface area (Å²) in [7, 11) is 0. The average Bonchev–Trinajstić information content (AvgIpc) is 1.79.